The van der Waals surface area contributed by atoms with Crippen molar-refractivity contribution < 1.29 is 5.11 Å². The molecule has 0 aromatic carbocycles. The first kappa shape index (κ1) is 18.0. The van der Waals surface area contributed by atoms with Crippen LogP contribution in [-0.2, 0) is 5.11 Å². The highest BCUT2D eigenvalue weighted by molar-refractivity contribution is 4.60. The molecular formula is C17H35O. The molecule has 0 aliphatic heterocycles. The summed E-state index contributed by atoms with van der Waals surface area (Å²) in [6, 6.07) is 0. The fourth-order valence-corrected chi connectivity index (χ4v) is 2.67. The molecule has 0 aromatic heterocycles. The van der Waals surface area contributed by atoms with Gasteiger partial charge in [0.1, 0.15) is 0 Å². The van der Waals surface area contributed by atoms with Crippen LogP contribution >= 0.6 is 0 Å². The lowest BCUT2D eigenvalue weighted by molar-refractivity contribution is 0.163. The van der Waals surface area contributed by atoms with Gasteiger partial charge in [0.2, 0.25) is 0 Å². The van der Waals surface area contributed by atoms with Crippen LogP contribution in [-0.4, -0.2) is 6.61 Å². The van der Waals surface area contributed by atoms with Crippen molar-refractivity contribution in [2.75, 3.05) is 6.61 Å². The molecule has 1 atom stereocenters. The van der Waals surface area contributed by atoms with Gasteiger partial charge in [0.25, 0.3) is 0 Å². The lowest BCUT2D eigenvalue weighted by atomic mass is 9.92. The molecule has 0 N–H and O–H groups in total. The first-order valence-corrected chi connectivity index (χ1v) is 8.43. The minimum Gasteiger partial charge on any atom is -0.237 e. The summed E-state index contributed by atoms with van der Waals surface area (Å²) in [5.74, 6) is 0.727. The molecule has 18 heavy (non-hydrogen) atoms. The van der Waals surface area contributed by atoms with Gasteiger partial charge in [-0.15, -0.1) is 0 Å². The summed E-state index contributed by atoms with van der Waals surface area (Å²) in [5.41, 5.74) is 0. The lowest BCUT2D eigenvalue weighted by Crippen LogP contribution is -2.03. The second kappa shape index (κ2) is 15.0. The van der Waals surface area contributed by atoms with Crippen LogP contribution in [0.1, 0.15) is 97.3 Å². The third-order valence-electron chi connectivity index (χ3n) is 3.96. The zero-order valence-corrected chi connectivity index (χ0v) is 12.9. The van der Waals surface area contributed by atoms with Crippen molar-refractivity contribution in [3.05, 3.63) is 0 Å². The molecule has 1 unspecified atom stereocenters. The minimum absolute atomic E-state index is 0.133. The Bertz CT molecular complexity index is 145. The van der Waals surface area contributed by atoms with Gasteiger partial charge in [-0.1, -0.05) is 90.9 Å². The molecule has 0 bridgehead atoms. The van der Waals surface area contributed by atoms with E-state index in [1.165, 1.54) is 77.0 Å². The quantitative estimate of drug-likeness (QED) is 0.332. The van der Waals surface area contributed by atoms with Gasteiger partial charge in [0.15, 0.2) is 0 Å². The molecule has 1 heteroatoms. The smallest absolute Gasteiger partial charge is 0.0825 e. The third kappa shape index (κ3) is 12.4. The number of hydrogen-bond donors (Lipinski definition) is 0. The van der Waals surface area contributed by atoms with Crippen LogP contribution in [0.15, 0.2) is 0 Å². The Morgan fingerprint density at radius 1 is 0.611 bits per heavy atom. The summed E-state index contributed by atoms with van der Waals surface area (Å²) in [5, 5.41) is 10.8. The standard InChI is InChI=1S/C17H35O/c1-3-5-7-9-10-12-14-17(15-16-18)13-11-8-6-4-2/h17H,3-16H2,1-2H3. The van der Waals surface area contributed by atoms with E-state index in [0.717, 1.165) is 12.3 Å². The molecule has 0 aliphatic carbocycles. The minimum atomic E-state index is 0.133. The molecule has 0 spiro atoms. The Hall–Kier alpha value is -0.0400. The van der Waals surface area contributed by atoms with Crippen molar-refractivity contribution in [2.24, 2.45) is 5.92 Å². The lowest BCUT2D eigenvalue weighted by Gasteiger charge is -2.15. The average Bonchev–Trinajstić information content (AvgIpc) is 2.38. The van der Waals surface area contributed by atoms with E-state index in [-0.39, 0.29) is 6.61 Å². The van der Waals surface area contributed by atoms with Gasteiger partial charge in [0.05, 0.1) is 6.61 Å². The van der Waals surface area contributed by atoms with Crippen molar-refractivity contribution in [1.29, 1.82) is 0 Å². The molecule has 0 aromatic rings. The third-order valence-corrected chi connectivity index (χ3v) is 3.96. The molecule has 0 fully saturated rings. The molecule has 0 heterocycles. The van der Waals surface area contributed by atoms with Crippen molar-refractivity contribution in [3.63, 3.8) is 0 Å². The van der Waals surface area contributed by atoms with E-state index in [4.69, 9.17) is 0 Å². The molecule has 0 rings (SSSR count). The Morgan fingerprint density at radius 3 is 1.56 bits per heavy atom. The van der Waals surface area contributed by atoms with Gasteiger partial charge in [-0.2, -0.15) is 0 Å². The van der Waals surface area contributed by atoms with Gasteiger partial charge in [0, 0.05) is 0 Å². The first-order chi connectivity index (χ1) is 8.85. The van der Waals surface area contributed by atoms with Crippen LogP contribution in [0.5, 0.6) is 0 Å². The average molecular weight is 255 g/mol. The molecule has 109 valence electrons. The van der Waals surface area contributed by atoms with E-state index < -0.39 is 0 Å². The topological polar surface area (TPSA) is 19.9 Å². The van der Waals surface area contributed by atoms with E-state index in [1.54, 1.807) is 0 Å². The molecular weight excluding hydrogens is 220 g/mol. The van der Waals surface area contributed by atoms with Gasteiger partial charge >= 0.3 is 0 Å². The van der Waals surface area contributed by atoms with Gasteiger partial charge in [-0.3, -0.25) is 0 Å². The molecule has 0 aliphatic rings. The molecule has 1 radical (unpaired) electrons. The van der Waals surface area contributed by atoms with Crippen LogP contribution in [0.3, 0.4) is 0 Å². The fourth-order valence-electron chi connectivity index (χ4n) is 2.67. The summed E-state index contributed by atoms with van der Waals surface area (Å²) in [6.07, 6.45) is 17.1. The highest BCUT2D eigenvalue weighted by atomic mass is 16.3. The number of unbranched alkanes of at least 4 members (excludes halogenated alkanes) is 8. The maximum absolute atomic E-state index is 10.8. The van der Waals surface area contributed by atoms with Crippen LogP contribution in [0.2, 0.25) is 0 Å². The largest absolute Gasteiger partial charge is 0.237 e. The molecule has 0 saturated heterocycles. The Labute approximate surface area is 115 Å². The zero-order chi connectivity index (χ0) is 13.5. The second-order valence-corrected chi connectivity index (χ2v) is 5.76. The predicted octanol–water partition coefficient (Wildman–Crippen LogP) is 6.14. The van der Waals surface area contributed by atoms with Crippen molar-refractivity contribution >= 4 is 0 Å². The highest BCUT2D eigenvalue weighted by Crippen LogP contribution is 2.21. The summed E-state index contributed by atoms with van der Waals surface area (Å²) in [4.78, 5) is 0. The van der Waals surface area contributed by atoms with E-state index in [9.17, 15) is 5.11 Å². The Morgan fingerprint density at radius 2 is 1.06 bits per heavy atom. The van der Waals surface area contributed by atoms with Crippen molar-refractivity contribution in [2.45, 2.75) is 97.3 Å². The van der Waals surface area contributed by atoms with Crippen LogP contribution < -0.4 is 0 Å². The van der Waals surface area contributed by atoms with Crippen LogP contribution in [0.25, 0.3) is 0 Å². The number of rotatable bonds is 14. The predicted molar refractivity (Wildman–Crippen MR) is 80.4 cm³/mol. The Kier molecular flexibility index (Phi) is 15.0. The van der Waals surface area contributed by atoms with E-state index in [0.29, 0.717) is 0 Å². The summed E-state index contributed by atoms with van der Waals surface area (Å²) >= 11 is 0. The van der Waals surface area contributed by atoms with Crippen molar-refractivity contribution in [3.8, 4) is 0 Å². The fraction of sp³-hybridized carbons (Fsp3) is 1.00. The summed E-state index contributed by atoms with van der Waals surface area (Å²) in [6.45, 7) is 4.65. The van der Waals surface area contributed by atoms with Crippen molar-refractivity contribution in [1.82, 2.24) is 0 Å². The summed E-state index contributed by atoms with van der Waals surface area (Å²) in [7, 11) is 0. The normalized spacial score (nSPS) is 12.8. The van der Waals surface area contributed by atoms with Gasteiger partial charge < -0.3 is 0 Å². The van der Waals surface area contributed by atoms with E-state index in [2.05, 4.69) is 13.8 Å². The SMILES string of the molecule is CCCCCCCCC(CC[O])CCCCCC. The second-order valence-electron chi connectivity index (χ2n) is 5.76. The molecule has 0 amide bonds. The van der Waals surface area contributed by atoms with E-state index >= 15 is 0 Å². The van der Waals surface area contributed by atoms with E-state index in [1.807, 2.05) is 0 Å². The van der Waals surface area contributed by atoms with Crippen LogP contribution in [0.4, 0.5) is 0 Å². The number of hydrogen-bond acceptors (Lipinski definition) is 0. The van der Waals surface area contributed by atoms with Crippen LogP contribution in [0, 0.1) is 5.92 Å². The molecule has 1 nitrogen and oxygen atoms in total. The summed E-state index contributed by atoms with van der Waals surface area (Å²) < 4.78 is 0. The molecule has 0 saturated carbocycles. The maximum Gasteiger partial charge on any atom is 0.0825 e. The Balaban J connectivity index is 3.44. The highest BCUT2D eigenvalue weighted by Gasteiger charge is 2.07. The monoisotopic (exact) mass is 255 g/mol. The first-order valence-electron chi connectivity index (χ1n) is 8.43. The zero-order valence-electron chi connectivity index (χ0n) is 12.9. The van der Waals surface area contributed by atoms with Gasteiger partial charge in [-0.05, 0) is 12.3 Å². The van der Waals surface area contributed by atoms with Gasteiger partial charge in [-0.25, -0.2) is 5.11 Å². The maximum atomic E-state index is 10.8.